The van der Waals surface area contributed by atoms with Gasteiger partial charge in [-0.1, -0.05) is 42.5 Å². The maximum atomic E-state index is 9.62. The van der Waals surface area contributed by atoms with Gasteiger partial charge in [0.1, 0.15) is 11.4 Å². The Bertz CT molecular complexity index is 815. The van der Waals surface area contributed by atoms with Crippen LogP contribution in [0.2, 0.25) is 0 Å². The highest BCUT2D eigenvalue weighted by Crippen LogP contribution is 2.32. The zero-order chi connectivity index (χ0) is 18.2. The molecule has 0 saturated carbocycles. The Balaban J connectivity index is 0.000000326. The summed E-state index contributed by atoms with van der Waals surface area (Å²) < 4.78 is 10.8. The van der Waals surface area contributed by atoms with Gasteiger partial charge < -0.3 is 14.3 Å². The number of hydrogen-bond donors (Lipinski definition) is 2. The Morgan fingerprint density at radius 3 is 2.40 bits per heavy atom. The van der Waals surface area contributed by atoms with Gasteiger partial charge in [-0.3, -0.25) is 4.79 Å². The number of aliphatic carboxylic acids is 1. The summed E-state index contributed by atoms with van der Waals surface area (Å²) in [6.45, 7) is 1.51. The molecule has 1 aromatic heterocycles. The monoisotopic (exact) mass is 357 g/mol. The number of benzene rings is 2. The van der Waals surface area contributed by atoms with Gasteiger partial charge in [-0.15, -0.1) is 0 Å². The van der Waals surface area contributed by atoms with Crippen molar-refractivity contribution in [2.45, 2.75) is 12.2 Å². The summed E-state index contributed by atoms with van der Waals surface area (Å²) in [5.74, 6) is 0.677. The molecule has 1 unspecified atom stereocenters. The van der Waals surface area contributed by atoms with Crippen molar-refractivity contribution in [3.63, 3.8) is 0 Å². The zero-order valence-corrected chi connectivity index (χ0v) is 14.8. The lowest BCUT2D eigenvalue weighted by atomic mass is 10.1. The maximum absolute atomic E-state index is 9.62. The molecule has 5 nitrogen and oxygen atoms in total. The van der Waals surface area contributed by atoms with Crippen LogP contribution in [0, 0.1) is 0 Å². The van der Waals surface area contributed by atoms with E-state index in [-0.39, 0.29) is 0 Å². The molecule has 0 amide bonds. The molecule has 0 radical (unpaired) electrons. The molecule has 2 aromatic carbocycles. The fourth-order valence-corrected chi connectivity index (χ4v) is 2.02. The number of ether oxygens (including phenoxy) is 1. The van der Waals surface area contributed by atoms with Gasteiger partial charge in [0.2, 0.25) is 0 Å². The highest BCUT2D eigenvalue weighted by atomic mass is 32.1. The minimum absolute atomic E-state index is 0.537. The van der Waals surface area contributed by atoms with Crippen LogP contribution in [0.1, 0.15) is 6.92 Å². The number of hydrogen-bond acceptors (Lipinski definition) is 5. The minimum Gasteiger partial charge on any atom is -0.497 e. The Kier molecular flexibility index (Phi) is 6.65. The van der Waals surface area contributed by atoms with Gasteiger partial charge >= 0.3 is 5.97 Å². The largest absolute Gasteiger partial charge is 0.497 e. The lowest BCUT2D eigenvalue weighted by Crippen LogP contribution is -2.06. The number of aromatic nitrogens is 1. The van der Waals surface area contributed by atoms with Gasteiger partial charge in [-0.05, 0) is 19.1 Å². The van der Waals surface area contributed by atoms with Gasteiger partial charge in [-0.25, -0.2) is 4.98 Å². The van der Waals surface area contributed by atoms with E-state index in [0.717, 1.165) is 28.3 Å². The van der Waals surface area contributed by atoms with Gasteiger partial charge in [0.25, 0.3) is 0 Å². The highest BCUT2D eigenvalue weighted by Gasteiger charge is 2.12. The van der Waals surface area contributed by atoms with Crippen LogP contribution in [0.25, 0.3) is 22.6 Å². The van der Waals surface area contributed by atoms with Crippen LogP contribution >= 0.6 is 12.6 Å². The minimum atomic E-state index is -0.877. The topological polar surface area (TPSA) is 72.6 Å². The molecule has 25 heavy (non-hydrogen) atoms. The van der Waals surface area contributed by atoms with E-state index >= 15 is 0 Å². The van der Waals surface area contributed by atoms with Gasteiger partial charge in [0, 0.05) is 11.1 Å². The molecule has 3 rings (SSSR count). The summed E-state index contributed by atoms with van der Waals surface area (Å²) in [6.07, 6.45) is 1.47. The standard InChI is InChI=1S/C16H13NO2.C3H6O2S/c1-18-14-9-5-8-13(10-14)16-15(17-11-19-16)12-6-3-2-4-7-12;1-2(6)3(4)5/h2-11H,1H3;2,6H,1H3,(H,4,5). The average Bonchev–Trinajstić information content (AvgIpc) is 3.13. The second kappa shape index (κ2) is 8.94. The first-order chi connectivity index (χ1) is 12.0. The SMILES string of the molecule is CC(S)C(=O)O.COc1cccc(-c2ocnc2-c2ccccc2)c1. The summed E-state index contributed by atoms with van der Waals surface area (Å²) in [5.41, 5.74) is 2.83. The number of carboxylic acids is 1. The van der Waals surface area contributed by atoms with Crippen LogP contribution < -0.4 is 4.74 Å². The molecule has 0 fully saturated rings. The number of carboxylic acid groups (broad SMARTS) is 1. The third-order valence-electron chi connectivity index (χ3n) is 3.30. The van der Waals surface area contributed by atoms with Crippen molar-refractivity contribution < 1.29 is 19.1 Å². The Morgan fingerprint density at radius 1 is 1.16 bits per heavy atom. The fourth-order valence-electron chi connectivity index (χ4n) is 2.02. The van der Waals surface area contributed by atoms with Crippen LogP contribution in [0.4, 0.5) is 0 Å². The summed E-state index contributed by atoms with van der Waals surface area (Å²) in [5, 5.41) is 7.38. The van der Waals surface area contributed by atoms with Crippen molar-refractivity contribution in [3.8, 4) is 28.3 Å². The number of oxazole rings is 1. The van der Waals surface area contributed by atoms with E-state index in [9.17, 15) is 4.79 Å². The van der Waals surface area contributed by atoms with E-state index < -0.39 is 11.2 Å². The molecule has 0 aliphatic carbocycles. The van der Waals surface area contributed by atoms with Crippen molar-refractivity contribution in [2.75, 3.05) is 7.11 Å². The van der Waals surface area contributed by atoms with E-state index in [4.69, 9.17) is 14.3 Å². The molecule has 0 spiro atoms. The molecule has 1 atom stereocenters. The molecule has 1 heterocycles. The lowest BCUT2D eigenvalue weighted by molar-refractivity contribution is -0.136. The first-order valence-electron chi connectivity index (χ1n) is 7.57. The predicted octanol–water partition coefficient (Wildman–Crippen LogP) is 4.41. The number of carbonyl (C=O) groups is 1. The Morgan fingerprint density at radius 2 is 1.80 bits per heavy atom. The molecule has 0 aliphatic rings. The average molecular weight is 357 g/mol. The second-order valence-electron chi connectivity index (χ2n) is 5.14. The van der Waals surface area contributed by atoms with Crippen LogP contribution in [-0.4, -0.2) is 28.4 Å². The van der Waals surface area contributed by atoms with E-state index in [0.29, 0.717) is 0 Å². The van der Waals surface area contributed by atoms with Crippen LogP contribution in [0.3, 0.4) is 0 Å². The Labute approximate surface area is 151 Å². The van der Waals surface area contributed by atoms with Crippen LogP contribution in [0.5, 0.6) is 5.75 Å². The smallest absolute Gasteiger partial charge is 0.316 e. The fraction of sp³-hybridized carbons (Fsp3) is 0.158. The first-order valence-corrected chi connectivity index (χ1v) is 8.08. The molecule has 0 bridgehead atoms. The first kappa shape index (κ1) is 18.6. The number of rotatable bonds is 4. The molecule has 1 N–H and O–H groups in total. The molecule has 0 saturated heterocycles. The van der Waals surface area contributed by atoms with E-state index in [1.165, 1.54) is 13.3 Å². The van der Waals surface area contributed by atoms with Crippen molar-refractivity contribution in [1.29, 1.82) is 0 Å². The van der Waals surface area contributed by atoms with E-state index in [1.807, 2.05) is 54.6 Å². The molecular weight excluding hydrogens is 338 g/mol. The lowest BCUT2D eigenvalue weighted by Gasteiger charge is -2.04. The summed E-state index contributed by atoms with van der Waals surface area (Å²) in [7, 11) is 1.65. The van der Waals surface area contributed by atoms with Crippen LogP contribution in [0.15, 0.2) is 65.4 Å². The predicted molar refractivity (Wildman–Crippen MR) is 100 cm³/mol. The normalized spacial score (nSPS) is 11.2. The molecular formula is C19H19NO4S. The number of nitrogens with zero attached hydrogens (tertiary/aromatic N) is 1. The van der Waals surface area contributed by atoms with Gasteiger partial charge in [-0.2, -0.15) is 12.6 Å². The number of thiol groups is 1. The quantitative estimate of drug-likeness (QED) is 0.677. The Hall–Kier alpha value is -2.73. The summed E-state index contributed by atoms with van der Waals surface area (Å²) in [6, 6.07) is 17.7. The molecule has 0 aliphatic heterocycles. The van der Waals surface area contributed by atoms with Gasteiger partial charge in [0.15, 0.2) is 12.2 Å². The summed E-state index contributed by atoms with van der Waals surface area (Å²) >= 11 is 3.59. The molecule has 130 valence electrons. The van der Waals surface area contributed by atoms with E-state index in [1.54, 1.807) is 7.11 Å². The van der Waals surface area contributed by atoms with Crippen LogP contribution in [-0.2, 0) is 4.79 Å². The van der Waals surface area contributed by atoms with Gasteiger partial charge in [0.05, 0.1) is 12.4 Å². The van der Waals surface area contributed by atoms with Crippen molar-refractivity contribution in [3.05, 3.63) is 61.0 Å². The third kappa shape index (κ3) is 5.12. The van der Waals surface area contributed by atoms with Crippen molar-refractivity contribution in [2.24, 2.45) is 0 Å². The number of methoxy groups -OCH3 is 1. The third-order valence-corrected chi connectivity index (χ3v) is 3.52. The second-order valence-corrected chi connectivity index (χ2v) is 5.92. The highest BCUT2D eigenvalue weighted by molar-refractivity contribution is 7.81. The van der Waals surface area contributed by atoms with Crippen molar-refractivity contribution in [1.82, 2.24) is 4.98 Å². The van der Waals surface area contributed by atoms with Crippen molar-refractivity contribution >= 4 is 18.6 Å². The zero-order valence-electron chi connectivity index (χ0n) is 13.9. The van der Waals surface area contributed by atoms with E-state index in [2.05, 4.69) is 17.6 Å². The molecule has 6 heteroatoms. The maximum Gasteiger partial charge on any atom is 0.316 e. The summed E-state index contributed by atoms with van der Waals surface area (Å²) in [4.78, 5) is 13.9. The molecule has 3 aromatic rings.